The van der Waals surface area contributed by atoms with Gasteiger partial charge in [0, 0.05) is 17.1 Å². The lowest BCUT2D eigenvalue weighted by Crippen LogP contribution is -2.29. The number of aromatic nitrogens is 2. The van der Waals surface area contributed by atoms with Crippen LogP contribution in [0.3, 0.4) is 0 Å². The van der Waals surface area contributed by atoms with Crippen LogP contribution in [-0.4, -0.2) is 27.8 Å². The third-order valence-electron chi connectivity index (χ3n) is 3.83. The van der Waals surface area contributed by atoms with E-state index in [0.29, 0.717) is 32.3 Å². The fourth-order valence-electron chi connectivity index (χ4n) is 2.49. The first-order valence-electron chi connectivity index (χ1n) is 7.60. The fourth-order valence-corrected chi connectivity index (χ4v) is 2.96. The second kappa shape index (κ2) is 7.25. The molecule has 5 nitrogen and oxygen atoms in total. The Morgan fingerprint density at radius 3 is 2.72 bits per heavy atom. The predicted molar refractivity (Wildman–Crippen MR) is 99.0 cm³/mol. The summed E-state index contributed by atoms with van der Waals surface area (Å²) in [7, 11) is 1.65. The Hall–Kier alpha value is -2.37. The first kappa shape index (κ1) is 17.5. The smallest absolute Gasteiger partial charge is 0.258 e. The molecule has 0 atom stereocenters. The molecule has 7 heteroatoms. The third kappa shape index (κ3) is 4.00. The van der Waals surface area contributed by atoms with Crippen molar-refractivity contribution in [2.75, 3.05) is 7.05 Å². The van der Waals surface area contributed by atoms with Crippen LogP contribution in [0.5, 0.6) is 0 Å². The van der Waals surface area contributed by atoms with Gasteiger partial charge in [-0.15, -0.1) is 0 Å². The first-order valence-corrected chi connectivity index (χ1v) is 8.35. The first-order chi connectivity index (χ1) is 11.9. The number of hydrogen-bond acceptors (Lipinski definition) is 3. The number of amides is 1. The van der Waals surface area contributed by atoms with Gasteiger partial charge in [-0.2, -0.15) is 0 Å². The van der Waals surface area contributed by atoms with Crippen LogP contribution in [0.15, 0.2) is 47.3 Å². The third-order valence-corrected chi connectivity index (χ3v) is 4.42. The second-order valence-corrected chi connectivity index (χ2v) is 6.54. The van der Waals surface area contributed by atoms with Crippen LogP contribution in [0.4, 0.5) is 0 Å². The molecular formula is C18H15Cl2N3O2. The Balaban J connectivity index is 1.76. The van der Waals surface area contributed by atoms with Gasteiger partial charge in [0.2, 0.25) is 5.91 Å². The number of carbonyl (C=O) groups is 1. The molecule has 0 unspecified atom stereocenters. The zero-order valence-electron chi connectivity index (χ0n) is 13.4. The highest BCUT2D eigenvalue weighted by molar-refractivity contribution is 6.35. The minimum atomic E-state index is -0.220. The Morgan fingerprint density at radius 1 is 1.20 bits per heavy atom. The lowest BCUT2D eigenvalue weighted by Gasteiger charge is -2.17. The molecule has 1 aromatic heterocycles. The number of fused-ring (bicyclic) bond motifs is 1. The summed E-state index contributed by atoms with van der Waals surface area (Å²) >= 11 is 12.0. The molecule has 0 radical (unpaired) electrons. The van der Waals surface area contributed by atoms with Gasteiger partial charge in [0.1, 0.15) is 5.82 Å². The number of H-pyrrole nitrogens is 1. The number of benzene rings is 2. The standard InChI is InChI=1S/C18H15Cl2N3O2/c1-23(17(24)8-11-6-7-12(19)9-14(11)20)10-16-21-15-5-3-2-4-13(15)18(25)22-16/h2-7,9H,8,10H2,1H3,(H,21,22,25). The minimum absolute atomic E-state index is 0.139. The molecule has 0 bridgehead atoms. The Morgan fingerprint density at radius 2 is 1.96 bits per heavy atom. The number of likely N-dealkylation sites (N-methyl/N-ethyl adjacent to an activating group) is 1. The Kier molecular flexibility index (Phi) is 5.06. The number of nitrogens with zero attached hydrogens (tertiary/aromatic N) is 2. The second-order valence-electron chi connectivity index (χ2n) is 5.69. The summed E-state index contributed by atoms with van der Waals surface area (Å²) in [5, 5.41) is 1.49. The monoisotopic (exact) mass is 375 g/mol. The highest BCUT2D eigenvalue weighted by Gasteiger charge is 2.14. The van der Waals surface area contributed by atoms with Crippen LogP contribution >= 0.6 is 23.2 Å². The van der Waals surface area contributed by atoms with Crippen LogP contribution < -0.4 is 5.56 Å². The van der Waals surface area contributed by atoms with Crippen molar-refractivity contribution >= 4 is 40.0 Å². The van der Waals surface area contributed by atoms with Crippen molar-refractivity contribution in [2.24, 2.45) is 0 Å². The van der Waals surface area contributed by atoms with Crippen molar-refractivity contribution in [2.45, 2.75) is 13.0 Å². The van der Waals surface area contributed by atoms with Gasteiger partial charge in [0.25, 0.3) is 5.56 Å². The molecule has 1 heterocycles. The molecule has 0 aliphatic carbocycles. The number of carbonyl (C=O) groups excluding carboxylic acids is 1. The lowest BCUT2D eigenvalue weighted by atomic mass is 10.1. The summed E-state index contributed by atoms with van der Waals surface area (Å²) in [6, 6.07) is 12.1. The minimum Gasteiger partial charge on any atom is -0.338 e. The van der Waals surface area contributed by atoms with Crippen LogP contribution in [-0.2, 0) is 17.8 Å². The number of aromatic amines is 1. The molecule has 2 aromatic carbocycles. The van der Waals surface area contributed by atoms with Gasteiger partial charge in [-0.05, 0) is 29.8 Å². The molecule has 0 fully saturated rings. The maximum atomic E-state index is 12.4. The van der Waals surface area contributed by atoms with Gasteiger partial charge in [-0.3, -0.25) is 9.59 Å². The van der Waals surface area contributed by atoms with Crippen LogP contribution in [0.1, 0.15) is 11.4 Å². The Bertz CT molecular complexity index is 1000. The average Bonchev–Trinajstić information content (AvgIpc) is 2.57. The quantitative estimate of drug-likeness (QED) is 0.759. The molecule has 0 aliphatic rings. The summed E-state index contributed by atoms with van der Waals surface area (Å²) in [6.07, 6.45) is 0.143. The maximum Gasteiger partial charge on any atom is 0.258 e. The van der Waals surface area contributed by atoms with E-state index in [-0.39, 0.29) is 24.4 Å². The predicted octanol–water partition coefficient (Wildman–Crippen LogP) is 3.43. The highest BCUT2D eigenvalue weighted by Crippen LogP contribution is 2.21. The largest absolute Gasteiger partial charge is 0.338 e. The van der Waals surface area contributed by atoms with Gasteiger partial charge in [-0.1, -0.05) is 41.4 Å². The van der Waals surface area contributed by atoms with E-state index in [2.05, 4.69) is 9.97 Å². The summed E-state index contributed by atoms with van der Waals surface area (Å²) < 4.78 is 0. The van der Waals surface area contributed by atoms with Crippen molar-refractivity contribution in [3.05, 3.63) is 74.3 Å². The van der Waals surface area contributed by atoms with Crippen LogP contribution in [0.2, 0.25) is 10.0 Å². The van der Waals surface area contributed by atoms with Crippen molar-refractivity contribution in [3.63, 3.8) is 0 Å². The molecule has 1 N–H and O–H groups in total. The van der Waals surface area contributed by atoms with E-state index in [4.69, 9.17) is 23.2 Å². The molecule has 0 saturated heterocycles. The summed E-state index contributed by atoms with van der Waals surface area (Å²) in [6.45, 7) is 0.199. The molecule has 25 heavy (non-hydrogen) atoms. The molecule has 0 saturated carbocycles. The summed E-state index contributed by atoms with van der Waals surface area (Å²) in [5.41, 5.74) is 1.08. The molecule has 128 valence electrons. The summed E-state index contributed by atoms with van der Waals surface area (Å²) in [4.78, 5) is 33.1. The van der Waals surface area contributed by atoms with Gasteiger partial charge < -0.3 is 9.88 Å². The topological polar surface area (TPSA) is 66.1 Å². The Labute approximate surface area is 154 Å². The normalized spacial score (nSPS) is 10.8. The molecule has 1 amide bonds. The van der Waals surface area contributed by atoms with E-state index in [1.54, 1.807) is 43.4 Å². The van der Waals surface area contributed by atoms with Gasteiger partial charge in [0.05, 0.1) is 23.9 Å². The van der Waals surface area contributed by atoms with E-state index in [9.17, 15) is 9.59 Å². The summed E-state index contributed by atoms with van der Waals surface area (Å²) in [5.74, 6) is 0.293. The zero-order valence-corrected chi connectivity index (χ0v) is 14.9. The number of halogens is 2. The van der Waals surface area contributed by atoms with Crippen molar-refractivity contribution in [1.29, 1.82) is 0 Å². The molecule has 3 aromatic rings. The van der Waals surface area contributed by atoms with E-state index in [1.807, 2.05) is 6.07 Å². The van der Waals surface area contributed by atoms with Gasteiger partial charge in [-0.25, -0.2) is 4.98 Å². The SMILES string of the molecule is CN(Cc1nc2ccccc2c(=O)[nH]1)C(=O)Cc1ccc(Cl)cc1Cl. The van der Waals surface area contributed by atoms with Crippen LogP contribution in [0, 0.1) is 0 Å². The molecule has 3 rings (SSSR count). The number of hydrogen-bond donors (Lipinski definition) is 1. The molecule has 0 aliphatic heterocycles. The zero-order chi connectivity index (χ0) is 18.0. The van der Waals surface area contributed by atoms with E-state index < -0.39 is 0 Å². The maximum absolute atomic E-state index is 12.4. The van der Waals surface area contributed by atoms with Crippen molar-refractivity contribution in [1.82, 2.24) is 14.9 Å². The van der Waals surface area contributed by atoms with Crippen LogP contribution in [0.25, 0.3) is 10.9 Å². The number of rotatable bonds is 4. The van der Waals surface area contributed by atoms with E-state index in [0.717, 1.165) is 0 Å². The number of para-hydroxylation sites is 1. The van der Waals surface area contributed by atoms with Gasteiger partial charge in [0.15, 0.2) is 0 Å². The van der Waals surface area contributed by atoms with Crippen molar-refractivity contribution < 1.29 is 4.79 Å². The van der Waals surface area contributed by atoms with E-state index >= 15 is 0 Å². The van der Waals surface area contributed by atoms with Crippen molar-refractivity contribution in [3.8, 4) is 0 Å². The lowest BCUT2D eigenvalue weighted by molar-refractivity contribution is -0.129. The van der Waals surface area contributed by atoms with E-state index in [1.165, 1.54) is 4.90 Å². The highest BCUT2D eigenvalue weighted by atomic mass is 35.5. The number of nitrogens with one attached hydrogen (secondary N) is 1. The average molecular weight is 376 g/mol. The molecular weight excluding hydrogens is 361 g/mol. The molecule has 0 spiro atoms. The van der Waals surface area contributed by atoms with Gasteiger partial charge >= 0.3 is 0 Å². The fraction of sp³-hybridized carbons (Fsp3) is 0.167.